The Kier molecular flexibility index (Phi) is 5.71. The average Bonchev–Trinajstić information content (AvgIpc) is 2.25. The molecule has 0 saturated carbocycles. The van der Waals surface area contributed by atoms with Crippen LogP contribution in [0.3, 0.4) is 0 Å². The first-order chi connectivity index (χ1) is 8.51. The SMILES string of the molecule is CC(CCN)CCC(=O)Nc1cc(F)cc(F)c1. The van der Waals surface area contributed by atoms with E-state index in [4.69, 9.17) is 5.73 Å². The Morgan fingerprint density at radius 1 is 1.28 bits per heavy atom. The zero-order chi connectivity index (χ0) is 13.5. The number of carbonyl (C=O) groups is 1. The molecule has 0 aliphatic carbocycles. The third-order valence-electron chi connectivity index (χ3n) is 2.67. The number of nitrogens with one attached hydrogen (secondary N) is 1. The number of rotatable bonds is 6. The Morgan fingerprint density at radius 2 is 1.89 bits per heavy atom. The highest BCUT2D eigenvalue weighted by atomic mass is 19.1. The summed E-state index contributed by atoms with van der Waals surface area (Å²) in [6.07, 6.45) is 1.89. The van der Waals surface area contributed by atoms with Crippen LogP contribution in [0.4, 0.5) is 14.5 Å². The molecule has 1 unspecified atom stereocenters. The summed E-state index contributed by atoms with van der Waals surface area (Å²) < 4.78 is 25.8. The average molecular weight is 256 g/mol. The highest BCUT2D eigenvalue weighted by molar-refractivity contribution is 5.90. The number of nitrogens with two attached hydrogens (primary N) is 1. The molecule has 5 heteroatoms. The highest BCUT2D eigenvalue weighted by Gasteiger charge is 2.08. The minimum Gasteiger partial charge on any atom is -0.330 e. The molecule has 0 fully saturated rings. The lowest BCUT2D eigenvalue weighted by Gasteiger charge is -2.10. The molecule has 18 heavy (non-hydrogen) atoms. The van der Waals surface area contributed by atoms with Crippen LogP contribution in [0.1, 0.15) is 26.2 Å². The summed E-state index contributed by atoms with van der Waals surface area (Å²) in [6, 6.07) is 2.94. The molecule has 1 aromatic rings. The second kappa shape index (κ2) is 7.06. The van der Waals surface area contributed by atoms with Gasteiger partial charge in [-0.05, 0) is 37.4 Å². The van der Waals surface area contributed by atoms with E-state index in [1.807, 2.05) is 6.92 Å². The van der Waals surface area contributed by atoms with E-state index in [2.05, 4.69) is 5.32 Å². The van der Waals surface area contributed by atoms with Gasteiger partial charge >= 0.3 is 0 Å². The molecule has 0 bridgehead atoms. The van der Waals surface area contributed by atoms with Gasteiger partial charge in [-0.15, -0.1) is 0 Å². The summed E-state index contributed by atoms with van der Waals surface area (Å²) in [4.78, 5) is 11.6. The largest absolute Gasteiger partial charge is 0.330 e. The Hall–Kier alpha value is -1.49. The van der Waals surface area contributed by atoms with Gasteiger partial charge in [0.05, 0.1) is 0 Å². The van der Waals surface area contributed by atoms with Crippen LogP contribution in [0.5, 0.6) is 0 Å². The van der Waals surface area contributed by atoms with E-state index in [9.17, 15) is 13.6 Å². The monoisotopic (exact) mass is 256 g/mol. The van der Waals surface area contributed by atoms with Crippen molar-refractivity contribution in [1.29, 1.82) is 0 Å². The zero-order valence-electron chi connectivity index (χ0n) is 10.4. The molecule has 1 amide bonds. The lowest BCUT2D eigenvalue weighted by atomic mass is 10.0. The van der Waals surface area contributed by atoms with Gasteiger partial charge in [0.1, 0.15) is 11.6 Å². The number of benzene rings is 1. The summed E-state index contributed by atoms with van der Waals surface area (Å²) in [5.74, 6) is -1.29. The highest BCUT2D eigenvalue weighted by Crippen LogP contribution is 2.14. The van der Waals surface area contributed by atoms with Gasteiger partial charge < -0.3 is 11.1 Å². The lowest BCUT2D eigenvalue weighted by molar-refractivity contribution is -0.116. The molecule has 0 radical (unpaired) electrons. The summed E-state index contributed by atoms with van der Waals surface area (Å²) in [5.41, 5.74) is 5.55. The molecular formula is C13H18F2N2O. The first-order valence-electron chi connectivity index (χ1n) is 5.97. The maximum absolute atomic E-state index is 12.9. The fraction of sp³-hybridized carbons (Fsp3) is 0.462. The van der Waals surface area contributed by atoms with E-state index in [1.165, 1.54) is 0 Å². The van der Waals surface area contributed by atoms with Crippen LogP contribution < -0.4 is 11.1 Å². The van der Waals surface area contributed by atoms with Crippen molar-refractivity contribution in [3.8, 4) is 0 Å². The van der Waals surface area contributed by atoms with Crippen LogP contribution in [0.25, 0.3) is 0 Å². The van der Waals surface area contributed by atoms with Gasteiger partial charge in [0, 0.05) is 18.2 Å². The predicted molar refractivity (Wildman–Crippen MR) is 67.1 cm³/mol. The number of anilines is 1. The third-order valence-corrected chi connectivity index (χ3v) is 2.67. The molecule has 0 saturated heterocycles. The van der Waals surface area contributed by atoms with Gasteiger partial charge in [0.25, 0.3) is 0 Å². The molecule has 0 aliphatic heterocycles. The molecular weight excluding hydrogens is 238 g/mol. The first kappa shape index (κ1) is 14.6. The summed E-state index contributed by atoms with van der Waals surface area (Å²) in [5, 5.41) is 2.47. The maximum atomic E-state index is 12.9. The van der Waals surface area contributed by atoms with Gasteiger partial charge in [0.2, 0.25) is 5.91 Å². The van der Waals surface area contributed by atoms with Gasteiger partial charge in [-0.2, -0.15) is 0 Å². The summed E-state index contributed by atoms with van der Waals surface area (Å²) in [7, 11) is 0. The van der Waals surface area contributed by atoms with Crippen LogP contribution in [-0.4, -0.2) is 12.5 Å². The van der Waals surface area contributed by atoms with E-state index in [0.29, 0.717) is 25.3 Å². The van der Waals surface area contributed by atoms with E-state index in [-0.39, 0.29) is 11.6 Å². The van der Waals surface area contributed by atoms with Crippen molar-refractivity contribution in [2.45, 2.75) is 26.2 Å². The number of carbonyl (C=O) groups excluding carboxylic acids is 1. The molecule has 3 nitrogen and oxygen atoms in total. The van der Waals surface area contributed by atoms with Gasteiger partial charge in [-0.3, -0.25) is 4.79 Å². The van der Waals surface area contributed by atoms with Crippen LogP contribution in [-0.2, 0) is 4.79 Å². The van der Waals surface area contributed by atoms with Crippen LogP contribution in [0.2, 0.25) is 0 Å². The van der Waals surface area contributed by atoms with Gasteiger partial charge in [0.15, 0.2) is 0 Å². The molecule has 3 N–H and O–H groups in total. The van der Waals surface area contributed by atoms with Crippen molar-refractivity contribution < 1.29 is 13.6 Å². The first-order valence-corrected chi connectivity index (χ1v) is 5.97. The Balaban J connectivity index is 2.44. The van der Waals surface area contributed by atoms with Crippen molar-refractivity contribution >= 4 is 11.6 Å². The normalized spacial score (nSPS) is 12.2. The molecule has 100 valence electrons. The van der Waals surface area contributed by atoms with Gasteiger partial charge in [-0.1, -0.05) is 6.92 Å². The van der Waals surface area contributed by atoms with Gasteiger partial charge in [-0.25, -0.2) is 8.78 Å². The number of halogens is 2. The smallest absolute Gasteiger partial charge is 0.224 e. The zero-order valence-corrected chi connectivity index (χ0v) is 10.4. The molecule has 0 aliphatic rings. The standard InChI is InChI=1S/C13H18F2N2O/c1-9(4-5-16)2-3-13(18)17-12-7-10(14)6-11(15)8-12/h6-9H,2-5,16H2,1H3,(H,17,18). The summed E-state index contributed by atoms with van der Waals surface area (Å²) in [6.45, 7) is 2.61. The fourth-order valence-electron chi connectivity index (χ4n) is 1.66. The predicted octanol–water partition coefficient (Wildman–Crippen LogP) is 2.67. The molecule has 1 aromatic carbocycles. The van der Waals surface area contributed by atoms with Crippen LogP contribution in [0, 0.1) is 17.6 Å². The fourth-order valence-corrected chi connectivity index (χ4v) is 1.66. The van der Waals surface area contributed by atoms with Crippen molar-refractivity contribution in [3.63, 3.8) is 0 Å². The third kappa shape index (κ3) is 5.23. The van der Waals surface area contributed by atoms with E-state index < -0.39 is 11.6 Å². The molecule has 0 spiro atoms. The minimum atomic E-state index is -0.707. The topological polar surface area (TPSA) is 55.1 Å². The number of amides is 1. The summed E-state index contributed by atoms with van der Waals surface area (Å²) >= 11 is 0. The molecule has 1 rings (SSSR count). The van der Waals surface area contributed by atoms with Crippen LogP contribution in [0.15, 0.2) is 18.2 Å². The van der Waals surface area contributed by atoms with Crippen molar-refractivity contribution in [2.24, 2.45) is 11.7 Å². The van der Waals surface area contributed by atoms with E-state index >= 15 is 0 Å². The molecule has 1 atom stereocenters. The van der Waals surface area contributed by atoms with E-state index in [0.717, 1.165) is 24.6 Å². The lowest BCUT2D eigenvalue weighted by Crippen LogP contribution is -2.14. The number of hydrogen-bond donors (Lipinski definition) is 2. The Morgan fingerprint density at radius 3 is 2.44 bits per heavy atom. The van der Waals surface area contributed by atoms with Crippen molar-refractivity contribution in [2.75, 3.05) is 11.9 Å². The second-order valence-electron chi connectivity index (χ2n) is 4.43. The van der Waals surface area contributed by atoms with Crippen molar-refractivity contribution in [3.05, 3.63) is 29.8 Å². The van der Waals surface area contributed by atoms with Crippen molar-refractivity contribution in [1.82, 2.24) is 0 Å². The maximum Gasteiger partial charge on any atom is 0.224 e. The molecule has 0 aromatic heterocycles. The second-order valence-corrected chi connectivity index (χ2v) is 4.43. The quantitative estimate of drug-likeness (QED) is 0.822. The van der Waals surface area contributed by atoms with Crippen LogP contribution >= 0.6 is 0 Å². The molecule has 0 heterocycles. The minimum absolute atomic E-state index is 0.143. The Bertz CT molecular complexity index is 390. The van der Waals surface area contributed by atoms with E-state index in [1.54, 1.807) is 0 Å². The Labute approximate surface area is 105 Å². The number of hydrogen-bond acceptors (Lipinski definition) is 2.